The molecule has 3 rings (SSSR count). The zero-order valence-corrected chi connectivity index (χ0v) is 21.5. The molecule has 2 aromatic heterocycles. The molecule has 0 aliphatic carbocycles. The quantitative estimate of drug-likeness (QED) is 0.622. The number of carbonyl (C=O) groups is 1. The number of aryl methyl sites for hydroxylation is 2. The Balaban J connectivity index is 2.15. The largest absolute Gasteiger partial charge is 0.464 e. The molecule has 1 amide bonds. The number of carboxylic acid groups (broad SMARTS) is 1. The minimum Gasteiger partial charge on any atom is -0.464 e. The SMILES string of the molecule is CCn1c(=O)c2c(C)c(CN3CC(C(C)(C)C)N(C(=O)O)S3(=O)=O)sc2n(CCC(F)(F)F)c1=O. The van der Waals surface area contributed by atoms with E-state index in [1.165, 1.54) is 13.8 Å². The van der Waals surface area contributed by atoms with Crippen molar-refractivity contribution >= 4 is 37.9 Å². The first kappa shape index (κ1) is 27.2. The molecule has 1 saturated heterocycles. The van der Waals surface area contributed by atoms with Crippen molar-refractivity contribution in [1.29, 1.82) is 0 Å². The van der Waals surface area contributed by atoms with Crippen LogP contribution in [0.1, 0.15) is 44.6 Å². The van der Waals surface area contributed by atoms with Crippen LogP contribution in [0.25, 0.3) is 10.2 Å². The first-order valence-corrected chi connectivity index (χ1v) is 13.0. The molecule has 0 radical (unpaired) electrons. The van der Waals surface area contributed by atoms with Crippen LogP contribution in [0.15, 0.2) is 9.59 Å². The van der Waals surface area contributed by atoms with Crippen molar-refractivity contribution < 1.29 is 31.5 Å². The number of halogens is 3. The summed E-state index contributed by atoms with van der Waals surface area (Å²) in [4.78, 5) is 37.9. The van der Waals surface area contributed by atoms with E-state index in [1.807, 2.05) is 0 Å². The molecule has 0 bridgehead atoms. The van der Waals surface area contributed by atoms with E-state index < -0.39 is 58.2 Å². The van der Waals surface area contributed by atoms with Gasteiger partial charge in [0.2, 0.25) is 0 Å². The minimum absolute atomic E-state index is 0.0282. The van der Waals surface area contributed by atoms with Gasteiger partial charge in [-0.15, -0.1) is 11.3 Å². The number of thiophene rings is 1. The summed E-state index contributed by atoms with van der Waals surface area (Å²) < 4.78 is 68.0. The molecule has 3 heterocycles. The first-order chi connectivity index (χ1) is 15.9. The van der Waals surface area contributed by atoms with Gasteiger partial charge in [0, 0.05) is 24.5 Å². The predicted octanol–water partition coefficient (Wildman–Crippen LogP) is 2.96. The Labute approximate surface area is 203 Å². The molecule has 10 nitrogen and oxygen atoms in total. The standard InChI is InChI=1S/C20H27F3N4O6S2/c1-6-25-15(28)14-11(2)12(34-16(14)26(17(25)29)8-7-20(21,22)23)9-24-10-13(19(3,4)5)27(18(30)31)35(24,32)33/h13H,6-10H2,1-5H3,(H,30,31). The average Bonchev–Trinajstić information content (AvgIpc) is 3.15. The Kier molecular flexibility index (Phi) is 6.94. The van der Waals surface area contributed by atoms with Gasteiger partial charge in [0.05, 0.1) is 24.4 Å². The van der Waals surface area contributed by atoms with Crippen LogP contribution in [-0.4, -0.2) is 56.1 Å². The maximum atomic E-state index is 13.1. The lowest BCUT2D eigenvalue weighted by atomic mass is 9.87. The molecule has 196 valence electrons. The highest BCUT2D eigenvalue weighted by Gasteiger charge is 2.51. The van der Waals surface area contributed by atoms with Crippen molar-refractivity contribution in [1.82, 2.24) is 17.7 Å². The van der Waals surface area contributed by atoms with E-state index in [-0.39, 0.29) is 29.9 Å². The maximum absolute atomic E-state index is 13.1. The summed E-state index contributed by atoms with van der Waals surface area (Å²) in [6.45, 7) is 7.03. The molecule has 1 N–H and O–H groups in total. The molecule has 1 atom stereocenters. The van der Waals surface area contributed by atoms with Gasteiger partial charge in [0.15, 0.2) is 0 Å². The number of fused-ring (bicyclic) bond motifs is 1. The normalized spacial score (nSPS) is 19.1. The lowest BCUT2D eigenvalue weighted by Crippen LogP contribution is -2.45. The van der Waals surface area contributed by atoms with Crippen LogP contribution in [0.5, 0.6) is 0 Å². The Morgan fingerprint density at radius 2 is 1.77 bits per heavy atom. The molecule has 1 unspecified atom stereocenters. The molecular formula is C20H27F3N4O6S2. The summed E-state index contributed by atoms with van der Waals surface area (Å²) in [6, 6.07) is -0.873. The van der Waals surface area contributed by atoms with Crippen molar-refractivity contribution in [2.75, 3.05) is 6.54 Å². The third-order valence-corrected chi connectivity index (χ3v) is 9.21. The smallest absolute Gasteiger partial charge is 0.422 e. The lowest BCUT2D eigenvalue weighted by Gasteiger charge is -2.30. The van der Waals surface area contributed by atoms with E-state index in [0.717, 1.165) is 24.8 Å². The molecule has 1 aliphatic rings. The van der Waals surface area contributed by atoms with Gasteiger partial charge in [-0.25, -0.2) is 9.59 Å². The summed E-state index contributed by atoms with van der Waals surface area (Å²) >= 11 is 0.865. The number of hydrogen-bond donors (Lipinski definition) is 1. The van der Waals surface area contributed by atoms with E-state index in [1.54, 1.807) is 20.8 Å². The van der Waals surface area contributed by atoms with Gasteiger partial charge >= 0.3 is 28.2 Å². The summed E-state index contributed by atoms with van der Waals surface area (Å²) in [5, 5.41) is 9.62. The summed E-state index contributed by atoms with van der Waals surface area (Å²) in [5.74, 6) is 0. The fourth-order valence-electron chi connectivity index (χ4n) is 4.12. The van der Waals surface area contributed by atoms with Gasteiger partial charge in [0.1, 0.15) is 4.83 Å². The van der Waals surface area contributed by atoms with Crippen molar-refractivity contribution in [3.8, 4) is 0 Å². The second-order valence-electron chi connectivity index (χ2n) is 9.44. The van der Waals surface area contributed by atoms with Gasteiger partial charge in [-0.05, 0) is 24.8 Å². The highest BCUT2D eigenvalue weighted by molar-refractivity contribution is 7.87. The van der Waals surface area contributed by atoms with Gasteiger partial charge in [-0.2, -0.15) is 30.2 Å². The van der Waals surface area contributed by atoms with E-state index in [2.05, 4.69) is 0 Å². The number of amides is 1. The van der Waals surface area contributed by atoms with Crippen LogP contribution in [0, 0.1) is 12.3 Å². The van der Waals surface area contributed by atoms with Crippen molar-refractivity contribution in [3.05, 3.63) is 31.3 Å². The van der Waals surface area contributed by atoms with E-state index in [4.69, 9.17) is 0 Å². The van der Waals surface area contributed by atoms with E-state index in [9.17, 15) is 41.1 Å². The number of nitrogens with zero attached hydrogens (tertiary/aromatic N) is 4. The van der Waals surface area contributed by atoms with Crippen LogP contribution in [0.3, 0.4) is 0 Å². The van der Waals surface area contributed by atoms with Crippen molar-refractivity contribution in [3.63, 3.8) is 0 Å². The molecule has 0 aromatic carbocycles. The molecule has 0 spiro atoms. The minimum atomic E-state index is -4.53. The summed E-state index contributed by atoms with van der Waals surface area (Å²) in [6.07, 6.45) is -7.43. The summed E-state index contributed by atoms with van der Waals surface area (Å²) in [5.41, 5.74) is -1.91. The van der Waals surface area contributed by atoms with Gasteiger partial charge in [-0.3, -0.25) is 13.9 Å². The number of alkyl halides is 3. The highest BCUT2D eigenvalue weighted by Crippen LogP contribution is 2.37. The number of rotatable bonds is 5. The van der Waals surface area contributed by atoms with Crippen LogP contribution in [0.4, 0.5) is 18.0 Å². The Morgan fingerprint density at radius 3 is 2.23 bits per heavy atom. The van der Waals surface area contributed by atoms with Crippen molar-refractivity contribution in [2.24, 2.45) is 5.41 Å². The van der Waals surface area contributed by atoms with Crippen molar-refractivity contribution in [2.45, 2.75) is 72.9 Å². The Bertz CT molecular complexity index is 1390. The third kappa shape index (κ3) is 4.85. The molecule has 35 heavy (non-hydrogen) atoms. The van der Waals surface area contributed by atoms with E-state index in [0.29, 0.717) is 14.7 Å². The zero-order chi connectivity index (χ0) is 26.7. The third-order valence-electron chi connectivity index (χ3n) is 6.07. The fourth-order valence-corrected chi connectivity index (χ4v) is 7.30. The molecule has 1 fully saturated rings. The monoisotopic (exact) mass is 540 g/mol. The molecular weight excluding hydrogens is 513 g/mol. The Hall–Kier alpha value is -2.39. The number of hydrogen-bond acceptors (Lipinski definition) is 6. The maximum Gasteiger partial charge on any atom is 0.422 e. The summed E-state index contributed by atoms with van der Waals surface area (Å²) in [7, 11) is -4.41. The number of aromatic nitrogens is 2. The fraction of sp³-hybridized carbons (Fsp3) is 0.650. The van der Waals surface area contributed by atoms with Gasteiger partial charge in [0.25, 0.3) is 5.56 Å². The van der Waals surface area contributed by atoms with Gasteiger partial charge in [-0.1, -0.05) is 20.8 Å². The molecule has 2 aromatic rings. The topological polar surface area (TPSA) is 122 Å². The average molecular weight is 541 g/mol. The second kappa shape index (κ2) is 8.92. The lowest BCUT2D eigenvalue weighted by molar-refractivity contribution is -0.136. The molecule has 15 heteroatoms. The predicted molar refractivity (Wildman–Crippen MR) is 124 cm³/mol. The highest BCUT2D eigenvalue weighted by atomic mass is 32.2. The van der Waals surface area contributed by atoms with Crippen LogP contribution in [-0.2, 0) is 29.8 Å². The van der Waals surface area contributed by atoms with E-state index >= 15 is 0 Å². The Morgan fingerprint density at radius 1 is 1.17 bits per heavy atom. The van der Waals surface area contributed by atoms with Crippen LogP contribution in [0.2, 0.25) is 0 Å². The first-order valence-electron chi connectivity index (χ1n) is 10.8. The van der Waals surface area contributed by atoms with Crippen LogP contribution >= 0.6 is 11.3 Å². The molecule has 1 aliphatic heterocycles. The van der Waals surface area contributed by atoms with Gasteiger partial charge < -0.3 is 5.11 Å². The molecule has 0 saturated carbocycles. The second-order valence-corrected chi connectivity index (χ2v) is 12.3. The zero-order valence-electron chi connectivity index (χ0n) is 19.8. The van der Waals surface area contributed by atoms with Crippen LogP contribution < -0.4 is 11.2 Å².